The molecular weight excluding hydrogens is 285 g/mol. The van der Waals surface area contributed by atoms with Gasteiger partial charge in [-0.15, -0.1) is 11.8 Å². The van der Waals surface area contributed by atoms with Gasteiger partial charge in [-0.2, -0.15) is 0 Å². The van der Waals surface area contributed by atoms with E-state index in [-0.39, 0.29) is 24.0 Å². The molecule has 0 bridgehead atoms. The SMILES string of the molecule is CC1OC(C[N+](C)(C)C)CS1.[I-]. The van der Waals surface area contributed by atoms with Crippen LogP contribution < -0.4 is 24.0 Å². The first-order valence-electron chi connectivity index (χ1n) is 4.05. The van der Waals surface area contributed by atoms with Crippen molar-refractivity contribution in [3.63, 3.8) is 0 Å². The molecule has 0 aromatic rings. The van der Waals surface area contributed by atoms with Crippen molar-refractivity contribution in [1.29, 1.82) is 0 Å². The number of halogens is 1. The highest BCUT2D eigenvalue weighted by atomic mass is 127. The molecule has 12 heavy (non-hydrogen) atoms. The molecule has 74 valence electrons. The lowest BCUT2D eigenvalue weighted by atomic mass is 10.3. The molecule has 2 nitrogen and oxygen atoms in total. The van der Waals surface area contributed by atoms with E-state index in [0.29, 0.717) is 11.5 Å². The van der Waals surface area contributed by atoms with E-state index in [0.717, 1.165) is 16.8 Å². The van der Waals surface area contributed by atoms with Gasteiger partial charge in [-0.3, -0.25) is 0 Å². The van der Waals surface area contributed by atoms with E-state index in [1.54, 1.807) is 0 Å². The zero-order valence-electron chi connectivity index (χ0n) is 8.21. The summed E-state index contributed by atoms with van der Waals surface area (Å²) in [4.78, 5) is 0. The molecule has 1 fully saturated rings. The highest BCUT2D eigenvalue weighted by Crippen LogP contribution is 2.25. The minimum atomic E-state index is 0. The second-order valence-electron chi connectivity index (χ2n) is 4.13. The normalized spacial score (nSPS) is 30.0. The lowest BCUT2D eigenvalue weighted by molar-refractivity contribution is -0.873. The molecule has 0 N–H and O–H groups in total. The minimum absolute atomic E-state index is 0. The van der Waals surface area contributed by atoms with Crippen LogP contribution in [0.1, 0.15) is 6.92 Å². The Balaban J connectivity index is 0.00000121. The summed E-state index contributed by atoms with van der Waals surface area (Å²) in [5, 5.41) is 0. The summed E-state index contributed by atoms with van der Waals surface area (Å²) in [7, 11) is 6.62. The lowest BCUT2D eigenvalue weighted by Crippen LogP contribution is -3.00. The van der Waals surface area contributed by atoms with Crippen LogP contribution in [0.3, 0.4) is 0 Å². The predicted molar refractivity (Wildman–Crippen MR) is 49.7 cm³/mol. The van der Waals surface area contributed by atoms with Crippen molar-refractivity contribution in [2.45, 2.75) is 18.5 Å². The largest absolute Gasteiger partial charge is 1.00 e. The molecular formula is C8H18INOS. The van der Waals surface area contributed by atoms with Crippen LogP contribution in [0.5, 0.6) is 0 Å². The molecule has 2 unspecified atom stereocenters. The van der Waals surface area contributed by atoms with Crippen LogP contribution in [-0.2, 0) is 4.74 Å². The van der Waals surface area contributed by atoms with Crippen LogP contribution >= 0.6 is 11.8 Å². The van der Waals surface area contributed by atoms with Crippen LogP contribution in [0.2, 0.25) is 0 Å². The number of likely N-dealkylation sites (N-methyl/N-ethyl adjacent to an activating group) is 1. The number of hydrogen-bond donors (Lipinski definition) is 0. The fraction of sp³-hybridized carbons (Fsp3) is 1.00. The molecule has 1 aliphatic rings. The fourth-order valence-electron chi connectivity index (χ4n) is 1.30. The molecule has 1 saturated heterocycles. The van der Waals surface area contributed by atoms with E-state index in [9.17, 15) is 0 Å². The van der Waals surface area contributed by atoms with E-state index in [1.165, 1.54) is 0 Å². The summed E-state index contributed by atoms with van der Waals surface area (Å²) >= 11 is 1.91. The Labute approximate surface area is 96.6 Å². The van der Waals surface area contributed by atoms with Gasteiger partial charge in [-0.25, -0.2) is 0 Å². The molecule has 0 saturated carbocycles. The number of rotatable bonds is 2. The Kier molecular flexibility index (Phi) is 5.44. The second-order valence-corrected chi connectivity index (χ2v) is 5.46. The Morgan fingerprint density at radius 2 is 2.00 bits per heavy atom. The number of hydrogen-bond acceptors (Lipinski definition) is 2. The van der Waals surface area contributed by atoms with E-state index < -0.39 is 0 Å². The molecule has 1 aliphatic heterocycles. The van der Waals surface area contributed by atoms with Gasteiger partial charge in [-0.1, -0.05) is 0 Å². The molecule has 0 aromatic carbocycles. The quantitative estimate of drug-likeness (QED) is 0.439. The van der Waals surface area contributed by atoms with E-state index in [4.69, 9.17) is 4.74 Å². The average molecular weight is 303 g/mol. The third kappa shape index (κ3) is 4.89. The fourth-order valence-corrected chi connectivity index (χ4v) is 2.20. The maximum Gasteiger partial charge on any atom is 0.117 e. The molecule has 4 heteroatoms. The Bertz CT molecular complexity index is 138. The van der Waals surface area contributed by atoms with Gasteiger partial charge < -0.3 is 33.2 Å². The number of ether oxygens (including phenoxy) is 1. The van der Waals surface area contributed by atoms with Crippen molar-refractivity contribution in [2.24, 2.45) is 0 Å². The summed E-state index contributed by atoms with van der Waals surface area (Å²) in [6.07, 6.45) is 0.468. The topological polar surface area (TPSA) is 9.23 Å². The maximum absolute atomic E-state index is 5.68. The molecule has 2 atom stereocenters. The van der Waals surface area contributed by atoms with E-state index in [2.05, 4.69) is 28.1 Å². The van der Waals surface area contributed by atoms with Crippen LogP contribution in [0.25, 0.3) is 0 Å². The molecule has 1 heterocycles. The van der Waals surface area contributed by atoms with Gasteiger partial charge in [0, 0.05) is 5.75 Å². The van der Waals surface area contributed by atoms with Crippen molar-refractivity contribution >= 4 is 11.8 Å². The zero-order chi connectivity index (χ0) is 8.48. The van der Waals surface area contributed by atoms with Gasteiger partial charge in [0.25, 0.3) is 0 Å². The number of quaternary nitrogens is 1. The van der Waals surface area contributed by atoms with Gasteiger partial charge >= 0.3 is 0 Å². The smallest absolute Gasteiger partial charge is 0.117 e. The van der Waals surface area contributed by atoms with E-state index >= 15 is 0 Å². The predicted octanol–water partition coefficient (Wildman–Crippen LogP) is -1.83. The summed E-state index contributed by atoms with van der Waals surface area (Å²) < 4.78 is 6.68. The Hall–Kier alpha value is 1.00. The molecule has 0 aliphatic carbocycles. The first kappa shape index (κ1) is 13.0. The zero-order valence-corrected chi connectivity index (χ0v) is 11.2. The summed E-state index contributed by atoms with van der Waals surface area (Å²) in [5.41, 5.74) is 0.409. The Morgan fingerprint density at radius 1 is 1.42 bits per heavy atom. The van der Waals surface area contributed by atoms with Crippen molar-refractivity contribution < 1.29 is 33.2 Å². The van der Waals surface area contributed by atoms with Crippen molar-refractivity contribution in [1.82, 2.24) is 0 Å². The lowest BCUT2D eigenvalue weighted by Gasteiger charge is -2.26. The minimum Gasteiger partial charge on any atom is -1.00 e. The van der Waals surface area contributed by atoms with Gasteiger partial charge in [-0.05, 0) is 6.92 Å². The first-order chi connectivity index (χ1) is 4.97. The van der Waals surface area contributed by atoms with Crippen molar-refractivity contribution in [3.05, 3.63) is 0 Å². The molecule has 0 aromatic heterocycles. The third-order valence-electron chi connectivity index (χ3n) is 1.65. The second kappa shape index (κ2) is 5.02. The number of nitrogens with zero attached hydrogens (tertiary/aromatic N) is 1. The highest BCUT2D eigenvalue weighted by molar-refractivity contribution is 7.99. The van der Waals surface area contributed by atoms with Crippen molar-refractivity contribution in [3.8, 4) is 0 Å². The molecule has 0 amide bonds. The van der Waals surface area contributed by atoms with Gasteiger partial charge in [0.05, 0.1) is 21.1 Å². The van der Waals surface area contributed by atoms with Crippen LogP contribution in [0, 0.1) is 0 Å². The monoisotopic (exact) mass is 303 g/mol. The van der Waals surface area contributed by atoms with Crippen LogP contribution in [0.15, 0.2) is 0 Å². The average Bonchev–Trinajstić information content (AvgIpc) is 2.10. The van der Waals surface area contributed by atoms with E-state index in [1.807, 2.05) is 11.8 Å². The molecule has 0 radical (unpaired) electrons. The van der Waals surface area contributed by atoms with Crippen LogP contribution in [0.4, 0.5) is 0 Å². The third-order valence-corrected chi connectivity index (χ3v) is 2.80. The maximum atomic E-state index is 5.68. The van der Waals surface area contributed by atoms with Crippen molar-refractivity contribution in [2.75, 3.05) is 33.4 Å². The highest BCUT2D eigenvalue weighted by Gasteiger charge is 2.26. The number of thioether (sulfide) groups is 1. The van der Waals surface area contributed by atoms with Gasteiger partial charge in [0.15, 0.2) is 0 Å². The molecule has 0 spiro atoms. The molecule has 1 rings (SSSR count). The standard InChI is InChI=1S/C8H18NOS.HI/c1-7-10-8(6-11-7)5-9(2,3)4;/h7-8H,5-6H2,1-4H3;1H/q+1;/p-1. The summed E-state index contributed by atoms with van der Waals surface area (Å²) in [5.74, 6) is 1.16. The Morgan fingerprint density at radius 3 is 2.33 bits per heavy atom. The van der Waals surface area contributed by atoms with Gasteiger partial charge in [0.2, 0.25) is 0 Å². The summed E-state index contributed by atoms with van der Waals surface area (Å²) in [6.45, 7) is 3.25. The first-order valence-corrected chi connectivity index (χ1v) is 5.10. The summed E-state index contributed by atoms with van der Waals surface area (Å²) in [6, 6.07) is 0. The van der Waals surface area contributed by atoms with Crippen LogP contribution in [-0.4, -0.2) is 49.5 Å². The van der Waals surface area contributed by atoms with Gasteiger partial charge in [0.1, 0.15) is 18.1 Å².